The van der Waals surface area contributed by atoms with Crippen LogP contribution < -0.4 is 5.73 Å². The van der Waals surface area contributed by atoms with Crippen LogP contribution in [0.5, 0.6) is 0 Å². The van der Waals surface area contributed by atoms with Gasteiger partial charge in [0.2, 0.25) is 0 Å². The Bertz CT molecular complexity index is 480. The van der Waals surface area contributed by atoms with Gasteiger partial charge in [0, 0.05) is 8.04 Å². The first-order valence-electron chi connectivity index (χ1n) is 3.60. The summed E-state index contributed by atoms with van der Waals surface area (Å²) in [5.74, 6) is 0. The van der Waals surface area contributed by atoms with Crippen LogP contribution in [0.1, 0.15) is 5.01 Å². The summed E-state index contributed by atoms with van der Waals surface area (Å²) in [7, 11) is 0. The van der Waals surface area contributed by atoms with Gasteiger partial charge in [-0.05, 0) is 51.5 Å². The molecule has 2 aromatic rings. The number of aromatic nitrogens is 1. The number of fused-ring (bicyclic) bond motifs is 1. The minimum absolute atomic E-state index is 0.736. The molecular weight excluding hydrogens is 363 g/mol. The second-order valence-electron chi connectivity index (χ2n) is 2.66. The lowest BCUT2D eigenvalue weighted by molar-refractivity contribution is 1.34. The predicted octanol–water partition coefficient (Wildman–Crippen LogP) is 3.55. The molecule has 0 atom stereocenters. The fourth-order valence-electron chi connectivity index (χ4n) is 1.14. The molecule has 0 spiro atoms. The summed E-state index contributed by atoms with van der Waals surface area (Å²) in [6.45, 7) is 1.99. The number of halogens is 2. The molecule has 68 valence electrons. The van der Waals surface area contributed by atoms with Crippen molar-refractivity contribution in [3.05, 3.63) is 19.1 Å². The number of hydrogen-bond acceptors (Lipinski definition) is 3. The van der Waals surface area contributed by atoms with Gasteiger partial charge in [-0.25, -0.2) is 4.98 Å². The number of rotatable bonds is 0. The van der Waals surface area contributed by atoms with Crippen molar-refractivity contribution in [3.8, 4) is 0 Å². The molecule has 1 heterocycles. The molecule has 1 aromatic carbocycles. The topological polar surface area (TPSA) is 38.9 Å². The van der Waals surface area contributed by atoms with Crippen molar-refractivity contribution in [2.24, 2.45) is 0 Å². The second-order valence-corrected chi connectivity index (χ2v) is 5.88. The lowest BCUT2D eigenvalue weighted by atomic mass is 10.3. The lowest BCUT2D eigenvalue weighted by Crippen LogP contribution is -1.89. The van der Waals surface area contributed by atoms with E-state index in [1.807, 2.05) is 13.0 Å². The number of nitrogens with two attached hydrogens (primary N) is 1. The Kier molecular flexibility index (Phi) is 2.50. The number of nitrogens with zero attached hydrogens (tertiary/aromatic N) is 1. The number of hydrogen-bond donors (Lipinski definition) is 1. The van der Waals surface area contributed by atoms with Gasteiger partial charge in [-0.15, -0.1) is 11.3 Å². The first-order chi connectivity index (χ1) is 6.09. The zero-order chi connectivity index (χ0) is 9.59. The highest BCUT2D eigenvalue weighted by molar-refractivity contribution is 14.1. The van der Waals surface area contributed by atoms with E-state index in [1.54, 1.807) is 11.3 Å². The van der Waals surface area contributed by atoms with Crippen LogP contribution in [0.2, 0.25) is 0 Å². The lowest BCUT2D eigenvalue weighted by Gasteiger charge is -2.00. The van der Waals surface area contributed by atoms with Gasteiger partial charge < -0.3 is 5.73 Å². The van der Waals surface area contributed by atoms with Crippen LogP contribution in [0.25, 0.3) is 10.2 Å². The van der Waals surface area contributed by atoms with E-state index in [9.17, 15) is 0 Å². The van der Waals surface area contributed by atoms with Gasteiger partial charge in [0.1, 0.15) is 5.52 Å². The van der Waals surface area contributed by atoms with Crippen molar-refractivity contribution in [1.82, 2.24) is 4.98 Å². The van der Waals surface area contributed by atoms with E-state index in [2.05, 4.69) is 43.5 Å². The Hall–Kier alpha value is 0.120. The summed E-state index contributed by atoms with van der Waals surface area (Å²) >= 11 is 7.39. The average Bonchev–Trinajstić information content (AvgIpc) is 2.44. The Morgan fingerprint density at radius 2 is 2.31 bits per heavy atom. The SMILES string of the molecule is Cc1nc2c(N)c(Br)cc(I)c2s1. The second kappa shape index (κ2) is 3.36. The van der Waals surface area contributed by atoms with E-state index in [0.29, 0.717) is 0 Å². The van der Waals surface area contributed by atoms with Crippen LogP contribution in [-0.2, 0) is 0 Å². The van der Waals surface area contributed by atoms with Gasteiger partial charge in [-0.2, -0.15) is 0 Å². The first kappa shape index (κ1) is 9.67. The molecule has 0 aliphatic carbocycles. The maximum Gasteiger partial charge on any atom is 0.107 e. The molecule has 0 amide bonds. The molecule has 0 aliphatic rings. The van der Waals surface area contributed by atoms with E-state index >= 15 is 0 Å². The zero-order valence-corrected chi connectivity index (χ0v) is 11.3. The molecule has 2 nitrogen and oxygen atoms in total. The van der Waals surface area contributed by atoms with Crippen molar-refractivity contribution in [3.63, 3.8) is 0 Å². The van der Waals surface area contributed by atoms with Gasteiger partial charge in [0.15, 0.2) is 0 Å². The maximum atomic E-state index is 5.89. The Balaban J connectivity index is 2.95. The van der Waals surface area contributed by atoms with Crippen molar-refractivity contribution < 1.29 is 0 Å². The molecule has 2 rings (SSSR count). The molecule has 0 fully saturated rings. The molecule has 0 unspecified atom stereocenters. The van der Waals surface area contributed by atoms with Gasteiger partial charge >= 0.3 is 0 Å². The minimum atomic E-state index is 0.736. The highest BCUT2D eigenvalue weighted by Gasteiger charge is 2.10. The van der Waals surface area contributed by atoms with E-state index < -0.39 is 0 Å². The highest BCUT2D eigenvalue weighted by Crippen LogP contribution is 2.35. The largest absolute Gasteiger partial charge is 0.396 e. The molecule has 0 radical (unpaired) electrons. The smallest absolute Gasteiger partial charge is 0.107 e. The van der Waals surface area contributed by atoms with Crippen molar-refractivity contribution in [2.45, 2.75) is 6.92 Å². The van der Waals surface area contributed by atoms with E-state index in [-0.39, 0.29) is 0 Å². The van der Waals surface area contributed by atoms with E-state index in [0.717, 1.165) is 20.7 Å². The molecule has 13 heavy (non-hydrogen) atoms. The van der Waals surface area contributed by atoms with Gasteiger partial charge in [-0.1, -0.05) is 0 Å². The average molecular weight is 369 g/mol. The molecule has 0 aliphatic heterocycles. The van der Waals surface area contributed by atoms with Crippen molar-refractivity contribution in [1.29, 1.82) is 0 Å². The summed E-state index contributed by atoms with van der Waals surface area (Å²) < 4.78 is 3.30. The number of nitrogen functional groups attached to an aromatic ring is 1. The van der Waals surface area contributed by atoms with Crippen molar-refractivity contribution >= 4 is 65.8 Å². The zero-order valence-electron chi connectivity index (χ0n) is 6.77. The van der Waals surface area contributed by atoms with Crippen LogP contribution in [0.15, 0.2) is 10.5 Å². The fourth-order valence-corrected chi connectivity index (χ4v) is 3.72. The number of benzene rings is 1. The Morgan fingerprint density at radius 1 is 1.62 bits per heavy atom. The maximum absolute atomic E-state index is 5.89. The van der Waals surface area contributed by atoms with Gasteiger partial charge in [-0.3, -0.25) is 0 Å². The van der Waals surface area contributed by atoms with E-state index in [1.165, 1.54) is 8.27 Å². The molecule has 0 saturated heterocycles. The molecule has 1 aromatic heterocycles. The number of anilines is 1. The Morgan fingerprint density at radius 3 is 3.00 bits per heavy atom. The van der Waals surface area contributed by atoms with Crippen molar-refractivity contribution in [2.75, 3.05) is 5.73 Å². The minimum Gasteiger partial charge on any atom is -0.396 e. The third-order valence-electron chi connectivity index (χ3n) is 1.72. The van der Waals surface area contributed by atoms with Crippen LogP contribution in [-0.4, -0.2) is 4.98 Å². The van der Waals surface area contributed by atoms with Gasteiger partial charge in [0.25, 0.3) is 0 Å². The number of thiazole rings is 1. The molecule has 0 saturated carbocycles. The first-order valence-corrected chi connectivity index (χ1v) is 6.29. The third-order valence-corrected chi connectivity index (χ3v) is 4.59. The third kappa shape index (κ3) is 1.57. The standard InChI is InChI=1S/C8H6BrIN2S/c1-3-12-7-6(11)4(9)2-5(10)8(7)13-3/h2H,11H2,1H3. The number of aryl methyl sites for hydroxylation is 1. The van der Waals surface area contributed by atoms with Crippen LogP contribution in [0.4, 0.5) is 5.69 Å². The van der Waals surface area contributed by atoms with Crippen LogP contribution in [0.3, 0.4) is 0 Å². The molecule has 0 bridgehead atoms. The summed E-state index contributed by atoms with van der Waals surface area (Å²) in [5, 5.41) is 1.05. The molecule has 5 heteroatoms. The fraction of sp³-hybridized carbons (Fsp3) is 0.125. The monoisotopic (exact) mass is 368 g/mol. The normalized spacial score (nSPS) is 11.0. The summed E-state index contributed by atoms with van der Waals surface area (Å²) in [5.41, 5.74) is 7.55. The van der Waals surface area contributed by atoms with Gasteiger partial charge in [0.05, 0.1) is 15.4 Å². The Labute approximate surface area is 102 Å². The quantitative estimate of drug-likeness (QED) is 0.570. The predicted molar refractivity (Wildman–Crippen MR) is 69.2 cm³/mol. The summed E-state index contributed by atoms with van der Waals surface area (Å²) in [6, 6.07) is 2.02. The highest BCUT2D eigenvalue weighted by atomic mass is 127. The molecular formula is C8H6BrIN2S. The van der Waals surface area contributed by atoms with E-state index in [4.69, 9.17) is 5.73 Å². The summed E-state index contributed by atoms with van der Waals surface area (Å²) in [4.78, 5) is 4.39. The summed E-state index contributed by atoms with van der Waals surface area (Å²) in [6.07, 6.45) is 0. The molecule has 2 N–H and O–H groups in total. The van der Waals surface area contributed by atoms with Crippen LogP contribution in [0, 0.1) is 10.5 Å². The van der Waals surface area contributed by atoms with Crippen LogP contribution >= 0.6 is 49.9 Å².